The fraction of sp³-hybridized carbons (Fsp3) is 0.424. The minimum absolute atomic E-state index is 0. The van der Waals surface area contributed by atoms with Gasteiger partial charge in [0.2, 0.25) is 0 Å². The first kappa shape index (κ1) is 76.1. The van der Waals surface area contributed by atoms with Crippen molar-refractivity contribution >= 4 is 0 Å². The molecule has 0 fully saturated rings. The summed E-state index contributed by atoms with van der Waals surface area (Å²) in [5, 5.41) is 0. The molecule has 8 atom stereocenters. The molecule has 2 radical (unpaired) electrons. The molecular formula is C66H88O4Y2-2. The average molecular weight is 1120 g/mol. The molecule has 8 unspecified atom stereocenters. The first-order valence-electron chi connectivity index (χ1n) is 23.0. The molecule has 0 saturated heterocycles. The van der Waals surface area contributed by atoms with Gasteiger partial charge in [-0.3, -0.25) is 0 Å². The topological polar surface area (TPSA) is 36.9 Å². The van der Waals surface area contributed by atoms with Gasteiger partial charge in [0.1, 0.15) is 13.6 Å². The van der Waals surface area contributed by atoms with E-state index in [1.807, 2.05) is 18.2 Å². The number of methoxy groups -OCH3 is 2. The van der Waals surface area contributed by atoms with Gasteiger partial charge in [-0.15, -0.1) is 0 Å². The van der Waals surface area contributed by atoms with Crippen LogP contribution in [0.1, 0.15) is 102 Å². The Morgan fingerprint density at radius 2 is 0.903 bits per heavy atom. The Morgan fingerprint density at radius 1 is 0.500 bits per heavy atom. The Balaban J connectivity index is -0.000000119. The van der Waals surface area contributed by atoms with Crippen LogP contribution >= 0.6 is 0 Å². The van der Waals surface area contributed by atoms with Crippen molar-refractivity contribution in [3.63, 3.8) is 0 Å². The monoisotopic (exact) mass is 1120 g/mol. The summed E-state index contributed by atoms with van der Waals surface area (Å²) in [6.07, 6.45) is 13.4. The molecule has 0 amide bonds. The van der Waals surface area contributed by atoms with Gasteiger partial charge in [0.25, 0.3) is 0 Å². The number of allylic oxidation sites excluding steroid dienone is 4. The third-order valence-corrected chi connectivity index (χ3v) is 10.3. The molecule has 0 N–H and O–H groups in total. The summed E-state index contributed by atoms with van der Waals surface area (Å²) in [7, 11) is 3.19. The van der Waals surface area contributed by atoms with Crippen LogP contribution in [0, 0.1) is 61.2 Å². The van der Waals surface area contributed by atoms with Gasteiger partial charge < -0.3 is 32.8 Å². The van der Waals surface area contributed by atoms with Gasteiger partial charge in [-0.1, -0.05) is 130 Å². The molecule has 0 saturated carbocycles. The van der Waals surface area contributed by atoms with E-state index < -0.39 is 0 Å². The van der Waals surface area contributed by atoms with Gasteiger partial charge in [0.05, 0.1) is 13.2 Å². The first-order valence-corrected chi connectivity index (χ1v) is 23.0. The maximum atomic E-state index is 5.64. The van der Waals surface area contributed by atoms with Crippen LogP contribution in [0.25, 0.3) is 0 Å². The molecule has 72 heavy (non-hydrogen) atoms. The largest absolute Gasteiger partial charge is 0.359 e. The molecule has 4 nitrogen and oxygen atoms in total. The Bertz CT molecular complexity index is 2680. The third-order valence-electron chi connectivity index (χ3n) is 10.3. The second-order valence-corrected chi connectivity index (χ2v) is 15.9. The molecular weight excluding hydrogens is 1030 g/mol. The van der Waals surface area contributed by atoms with Crippen LogP contribution < -0.4 is 0 Å². The molecule has 0 bridgehead atoms. The second kappa shape index (κ2) is 55.5. The SMILES string of the molecule is C.C=C=C=C=C=C(COCOC)C(C)CC(CC([CH2-])CC(CC)C(=C=C=C=C=C)COCOC)C(C)=C=C=C=C=C.C=C=C=C=C=CC(C)CC(C=C=C=C=C=C)CC([CH2-])CC(C=C=C=C=C=C)CC.[HH].[HH].[HH].[HH].[HH].[HH].[Y].[Y]. The molecule has 384 valence electrons. The number of ether oxygens (including phenoxy) is 4. The summed E-state index contributed by atoms with van der Waals surface area (Å²) in [5.74, 6) is 1.98. The summed E-state index contributed by atoms with van der Waals surface area (Å²) < 4.78 is 21.4. The Hall–Kier alpha value is -4.79. The average Bonchev–Trinajstić information content (AvgIpc) is 3.33. The van der Waals surface area contributed by atoms with Crippen molar-refractivity contribution in [2.24, 2.45) is 47.3 Å². The maximum absolute atomic E-state index is 5.64. The minimum Gasteiger partial charge on any atom is -0.359 e. The molecule has 0 aromatic carbocycles. The van der Waals surface area contributed by atoms with Crippen molar-refractivity contribution in [2.75, 3.05) is 41.0 Å². The van der Waals surface area contributed by atoms with E-state index in [2.05, 4.69) is 225 Å². The molecule has 0 rings (SSSR count). The Labute approximate surface area is 496 Å². The van der Waals surface area contributed by atoms with Crippen molar-refractivity contribution in [3.8, 4) is 0 Å². The molecule has 0 aromatic rings. The van der Waals surface area contributed by atoms with E-state index in [0.29, 0.717) is 36.9 Å². The number of rotatable bonds is 28. The molecule has 0 aromatic heterocycles. The molecule has 0 aliphatic heterocycles. The van der Waals surface area contributed by atoms with E-state index in [-0.39, 0.29) is 119 Å². The quantitative estimate of drug-likeness (QED) is 0.0339. The second-order valence-electron chi connectivity index (χ2n) is 15.9. The van der Waals surface area contributed by atoms with E-state index in [9.17, 15) is 0 Å². The molecule has 0 spiro atoms. The fourth-order valence-electron chi connectivity index (χ4n) is 6.92. The summed E-state index contributed by atoms with van der Waals surface area (Å²) in [6, 6.07) is 0. The van der Waals surface area contributed by atoms with Gasteiger partial charge >= 0.3 is 0 Å². The zero-order valence-corrected chi connectivity index (χ0v) is 49.5. The Kier molecular flexibility index (Phi) is 58.7. The molecule has 6 heteroatoms. The van der Waals surface area contributed by atoms with E-state index in [0.717, 1.165) is 68.1 Å². The van der Waals surface area contributed by atoms with Gasteiger partial charge in [-0.2, -0.15) is 11.8 Å². The van der Waals surface area contributed by atoms with Crippen molar-refractivity contribution < 1.29 is 92.9 Å². The summed E-state index contributed by atoms with van der Waals surface area (Å²) in [4.78, 5) is 0. The van der Waals surface area contributed by atoms with Crippen LogP contribution in [-0.2, 0) is 84.4 Å². The van der Waals surface area contributed by atoms with Crippen LogP contribution in [0.5, 0.6) is 0 Å². The van der Waals surface area contributed by atoms with Crippen LogP contribution in [0.15, 0.2) is 212 Å². The molecule has 0 aliphatic rings. The normalized spacial score (nSPS) is 11.6. The zero-order valence-electron chi connectivity index (χ0n) is 43.8. The zero-order chi connectivity index (χ0) is 51.8. The van der Waals surface area contributed by atoms with E-state index in [4.69, 9.17) is 18.9 Å². The van der Waals surface area contributed by atoms with Crippen molar-refractivity contribution in [1.82, 2.24) is 0 Å². The van der Waals surface area contributed by atoms with Gasteiger partial charge in [0, 0.05) is 99.3 Å². The van der Waals surface area contributed by atoms with Crippen molar-refractivity contribution in [3.05, 3.63) is 226 Å². The van der Waals surface area contributed by atoms with Gasteiger partial charge in [0.15, 0.2) is 0 Å². The Morgan fingerprint density at radius 3 is 1.38 bits per heavy atom. The predicted octanol–water partition coefficient (Wildman–Crippen LogP) is 17.1. The minimum atomic E-state index is 0. The van der Waals surface area contributed by atoms with Crippen molar-refractivity contribution in [2.45, 2.75) is 93.4 Å². The maximum Gasteiger partial charge on any atom is 0.146 e. The van der Waals surface area contributed by atoms with Crippen LogP contribution in [0.4, 0.5) is 0 Å². The van der Waals surface area contributed by atoms with E-state index in [1.165, 1.54) is 0 Å². The molecule has 0 heterocycles. The van der Waals surface area contributed by atoms with Crippen LogP contribution in [0.2, 0.25) is 0 Å². The fourth-order valence-corrected chi connectivity index (χ4v) is 6.92. The smallest absolute Gasteiger partial charge is 0.146 e. The van der Waals surface area contributed by atoms with Gasteiger partial charge in [-0.05, 0) is 200 Å². The summed E-state index contributed by atoms with van der Waals surface area (Å²) >= 11 is 0. The first-order chi connectivity index (χ1) is 33.4. The predicted molar refractivity (Wildman–Crippen MR) is 301 cm³/mol. The third kappa shape index (κ3) is 44.0. The summed E-state index contributed by atoms with van der Waals surface area (Å²) in [5.41, 5.74) is 70.1. The van der Waals surface area contributed by atoms with E-state index in [1.54, 1.807) is 14.2 Å². The van der Waals surface area contributed by atoms with Crippen LogP contribution in [0.3, 0.4) is 0 Å². The number of hydrogen-bond donors (Lipinski definition) is 0. The van der Waals surface area contributed by atoms with Gasteiger partial charge in [-0.25, -0.2) is 0 Å². The van der Waals surface area contributed by atoms with E-state index >= 15 is 0 Å². The summed E-state index contributed by atoms with van der Waals surface area (Å²) in [6.45, 7) is 41.7. The van der Waals surface area contributed by atoms with Crippen molar-refractivity contribution in [1.29, 1.82) is 0 Å². The number of hydrogen-bond acceptors (Lipinski definition) is 4. The standard InChI is InChI=1S/C36H43O4.C29H29.CH4.2Y.6H2/c1-10-14-17-20-31(6)36(25-32(7)34(21-18-15-11-2)26-39-28-37-8)24-30(5)23-33(13-4)35(22-19-16-12-3)27-40-29-38-9;1-7-11-14-17-20-26(5)23-29(22-19-16-13-9-3)25-27(6)24-28(10-4)21-18-15-12-8-2;;;;;;;;;/h30,32-33,36H,1-3,5,13,23-29H2,4,6-9H3;20-22,26-29H,1-3,6,10,23-25H2,4-5H3;1H4;;;6*1H/q2*-1;;;;;;;;;. The molecule has 0 aliphatic carbocycles. The van der Waals surface area contributed by atoms with Crippen LogP contribution in [-0.4, -0.2) is 41.0 Å².